The van der Waals surface area contributed by atoms with E-state index in [1.54, 1.807) is 25.1 Å². The topological polar surface area (TPSA) is 20.2 Å². The van der Waals surface area contributed by atoms with Crippen LogP contribution in [0.1, 0.15) is 18.6 Å². The van der Waals surface area contributed by atoms with E-state index in [1.165, 1.54) is 0 Å². The first kappa shape index (κ1) is 10.6. The predicted molar refractivity (Wildman–Crippen MR) is 56.2 cm³/mol. The van der Waals surface area contributed by atoms with Crippen molar-refractivity contribution in [3.05, 3.63) is 46.0 Å². The van der Waals surface area contributed by atoms with Crippen LogP contribution in [0, 0.1) is 0 Å². The monoisotopic (exact) mass is 216 g/mol. The summed E-state index contributed by atoms with van der Waals surface area (Å²) in [4.78, 5) is 0. The Morgan fingerprint density at radius 1 is 1.38 bits per heavy atom. The number of hydrogen-bond acceptors (Lipinski definition) is 1. The van der Waals surface area contributed by atoms with Gasteiger partial charge in [0.25, 0.3) is 0 Å². The highest BCUT2D eigenvalue weighted by molar-refractivity contribution is 6.42. The number of aliphatic hydroxyl groups excluding tert-OH is 1. The van der Waals surface area contributed by atoms with Crippen LogP contribution >= 0.6 is 23.2 Å². The zero-order valence-electron chi connectivity index (χ0n) is 7.22. The lowest BCUT2D eigenvalue weighted by Crippen LogP contribution is -1.97. The molecule has 0 aromatic heterocycles. The average Bonchev–Trinajstić information content (AvgIpc) is 2.08. The minimum Gasteiger partial charge on any atom is -0.384 e. The van der Waals surface area contributed by atoms with E-state index in [9.17, 15) is 5.11 Å². The van der Waals surface area contributed by atoms with E-state index in [0.717, 1.165) is 0 Å². The number of hydrogen-bond donors (Lipinski definition) is 1. The van der Waals surface area contributed by atoms with Crippen LogP contribution in [0.15, 0.2) is 30.4 Å². The molecule has 0 spiro atoms. The Morgan fingerprint density at radius 2 is 2.00 bits per heavy atom. The molecule has 1 aromatic rings. The maximum atomic E-state index is 9.61. The van der Waals surface area contributed by atoms with Gasteiger partial charge in [0, 0.05) is 0 Å². The molecular formula is C10H10Cl2O. The van der Waals surface area contributed by atoms with Crippen LogP contribution in [0.2, 0.25) is 10.0 Å². The highest BCUT2D eigenvalue weighted by Crippen LogP contribution is 2.27. The van der Waals surface area contributed by atoms with Gasteiger partial charge in [-0.3, -0.25) is 0 Å². The van der Waals surface area contributed by atoms with Crippen LogP contribution in [-0.4, -0.2) is 5.11 Å². The Morgan fingerprint density at radius 3 is 2.46 bits per heavy atom. The molecule has 3 heteroatoms. The zero-order valence-corrected chi connectivity index (χ0v) is 8.73. The molecule has 0 fully saturated rings. The molecule has 0 saturated carbocycles. The summed E-state index contributed by atoms with van der Waals surface area (Å²) >= 11 is 11.5. The number of aliphatic hydroxyl groups is 1. The summed E-state index contributed by atoms with van der Waals surface area (Å²) in [6, 6.07) is 5.03. The SMILES string of the molecule is C=C(C)C(O)c1ccc(Cl)c(Cl)c1. The first-order valence-corrected chi connectivity index (χ1v) is 4.56. The molecule has 0 aliphatic heterocycles. The minimum absolute atomic E-state index is 0.444. The summed E-state index contributed by atoms with van der Waals surface area (Å²) in [7, 11) is 0. The lowest BCUT2D eigenvalue weighted by Gasteiger charge is -2.10. The second-order valence-corrected chi connectivity index (χ2v) is 3.74. The summed E-state index contributed by atoms with van der Waals surface area (Å²) < 4.78 is 0. The molecule has 1 nitrogen and oxygen atoms in total. The fraction of sp³-hybridized carbons (Fsp3) is 0.200. The second-order valence-electron chi connectivity index (χ2n) is 2.92. The first-order chi connectivity index (χ1) is 6.02. The van der Waals surface area contributed by atoms with Gasteiger partial charge in [-0.05, 0) is 30.2 Å². The van der Waals surface area contributed by atoms with Crippen LogP contribution in [-0.2, 0) is 0 Å². The molecule has 13 heavy (non-hydrogen) atoms. The average molecular weight is 217 g/mol. The fourth-order valence-electron chi connectivity index (χ4n) is 0.967. The van der Waals surface area contributed by atoms with Gasteiger partial charge < -0.3 is 5.11 Å². The van der Waals surface area contributed by atoms with E-state index in [0.29, 0.717) is 21.2 Å². The van der Waals surface area contributed by atoms with E-state index in [4.69, 9.17) is 23.2 Å². The van der Waals surface area contributed by atoms with Crippen molar-refractivity contribution in [2.75, 3.05) is 0 Å². The van der Waals surface area contributed by atoms with Crippen molar-refractivity contribution in [2.24, 2.45) is 0 Å². The Kier molecular flexibility index (Phi) is 3.37. The maximum absolute atomic E-state index is 9.61. The van der Waals surface area contributed by atoms with Gasteiger partial charge in [0.2, 0.25) is 0 Å². The maximum Gasteiger partial charge on any atom is 0.0996 e. The molecule has 0 aliphatic carbocycles. The third kappa shape index (κ3) is 2.47. The molecule has 1 unspecified atom stereocenters. The second kappa shape index (κ2) is 4.14. The van der Waals surface area contributed by atoms with E-state index in [-0.39, 0.29) is 0 Å². The smallest absolute Gasteiger partial charge is 0.0996 e. The highest BCUT2D eigenvalue weighted by atomic mass is 35.5. The summed E-state index contributed by atoms with van der Waals surface area (Å²) in [6.45, 7) is 5.41. The van der Waals surface area contributed by atoms with Gasteiger partial charge >= 0.3 is 0 Å². The largest absolute Gasteiger partial charge is 0.384 e. The van der Waals surface area contributed by atoms with Gasteiger partial charge in [-0.15, -0.1) is 0 Å². The van der Waals surface area contributed by atoms with Crippen LogP contribution in [0.5, 0.6) is 0 Å². The van der Waals surface area contributed by atoms with E-state index in [2.05, 4.69) is 6.58 Å². The minimum atomic E-state index is -0.672. The molecule has 1 aromatic carbocycles. The van der Waals surface area contributed by atoms with Crippen molar-refractivity contribution in [1.82, 2.24) is 0 Å². The van der Waals surface area contributed by atoms with Gasteiger partial charge in [-0.1, -0.05) is 35.8 Å². The van der Waals surface area contributed by atoms with Crippen LogP contribution < -0.4 is 0 Å². The third-order valence-electron chi connectivity index (χ3n) is 1.73. The van der Waals surface area contributed by atoms with Gasteiger partial charge in [-0.2, -0.15) is 0 Å². The molecule has 70 valence electrons. The van der Waals surface area contributed by atoms with E-state index < -0.39 is 6.10 Å². The van der Waals surface area contributed by atoms with Crippen LogP contribution in [0.25, 0.3) is 0 Å². The van der Waals surface area contributed by atoms with Gasteiger partial charge in [-0.25, -0.2) is 0 Å². The van der Waals surface area contributed by atoms with Crippen LogP contribution in [0.4, 0.5) is 0 Å². The summed E-state index contributed by atoms with van der Waals surface area (Å²) in [6.07, 6.45) is -0.672. The Hall–Kier alpha value is -0.500. The molecule has 1 rings (SSSR count). The summed E-state index contributed by atoms with van der Waals surface area (Å²) in [5.41, 5.74) is 1.39. The first-order valence-electron chi connectivity index (χ1n) is 3.81. The van der Waals surface area contributed by atoms with Crippen molar-refractivity contribution in [1.29, 1.82) is 0 Å². The summed E-state index contributed by atoms with van der Waals surface area (Å²) in [5, 5.41) is 10.5. The van der Waals surface area contributed by atoms with E-state index in [1.807, 2.05) is 0 Å². The molecular weight excluding hydrogens is 207 g/mol. The van der Waals surface area contributed by atoms with Crippen LogP contribution in [0.3, 0.4) is 0 Å². The van der Waals surface area contributed by atoms with Crippen molar-refractivity contribution in [2.45, 2.75) is 13.0 Å². The molecule has 0 radical (unpaired) electrons. The molecule has 0 aliphatic rings. The lowest BCUT2D eigenvalue weighted by molar-refractivity contribution is 0.216. The van der Waals surface area contributed by atoms with Gasteiger partial charge in [0.05, 0.1) is 16.1 Å². The zero-order chi connectivity index (χ0) is 10.0. The van der Waals surface area contributed by atoms with Crippen molar-refractivity contribution in [3.63, 3.8) is 0 Å². The van der Waals surface area contributed by atoms with E-state index >= 15 is 0 Å². The molecule has 1 N–H and O–H groups in total. The fourth-order valence-corrected chi connectivity index (χ4v) is 1.27. The molecule has 0 saturated heterocycles. The summed E-state index contributed by atoms with van der Waals surface area (Å²) in [5.74, 6) is 0. The molecule has 0 heterocycles. The predicted octanol–water partition coefficient (Wildman–Crippen LogP) is 3.60. The molecule has 1 atom stereocenters. The third-order valence-corrected chi connectivity index (χ3v) is 2.47. The van der Waals surface area contributed by atoms with Crippen molar-refractivity contribution < 1.29 is 5.11 Å². The standard InChI is InChI=1S/C10H10Cl2O/c1-6(2)10(13)7-3-4-8(11)9(12)5-7/h3-5,10,13H,1H2,2H3. The molecule has 0 bridgehead atoms. The van der Waals surface area contributed by atoms with Crippen molar-refractivity contribution in [3.8, 4) is 0 Å². The molecule has 0 amide bonds. The Balaban J connectivity index is 3.03. The van der Waals surface area contributed by atoms with Gasteiger partial charge in [0.1, 0.15) is 0 Å². The quantitative estimate of drug-likeness (QED) is 0.750. The number of halogens is 2. The van der Waals surface area contributed by atoms with Crippen molar-refractivity contribution >= 4 is 23.2 Å². The van der Waals surface area contributed by atoms with Gasteiger partial charge in [0.15, 0.2) is 0 Å². The Labute approximate surface area is 87.6 Å². The normalized spacial score (nSPS) is 12.6. The number of benzene rings is 1. The lowest BCUT2D eigenvalue weighted by atomic mass is 10.0. The highest BCUT2D eigenvalue weighted by Gasteiger charge is 2.09. The number of rotatable bonds is 2. The Bertz CT molecular complexity index is 334.